The zero-order valence-electron chi connectivity index (χ0n) is 13.4. The summed E-state index contributed by atoms with van der Waals surface area (Å²) in [6, 6.07) is 0. The Morgan fingerprint density at radius 1 is 1.14 bits per heavy atom. The highest BCUT2D eigenvalue weighted by Crippen LogP contribution is 2.17. The molecule has 2 saturated heterocycles. The predicted molar refractivity (Wildman–Crippen MR) is 82.8 cm³/mol. The highest BCUT2D eigenvalue weighted by molar-refractivity contribution is 5.79. The van der Waals surface area contributed by atoms with Gasteiger partial charge < -0.3 is 15.1 Å². The largest absolute Gasteiger partial charge is 0.355 e. The highest BCUT2D eigenvalue weighted by atomic mass is 16.2. The standard InChI is InChI=1S/C16H29N3O2/c1-13-4-3-8-18(12-13)11-7-17-16(21)15-5-9-19(10-6-15)14(2)20/h13,15H,3-12H2,1-2H3,(H,17,21)/t13-/m0/s1. The lowest BCUT2D eigenvalue weighted by atomic mass is 9.96. The normalized spacial score (nSPS) is 24.9. The van der Waals surface area contributed by atoms with Crippen LogP contribution in [0.5, 0.6) is 0 Å². The van der Waals surface area contributed by atoms with Crippen molar-refractivity contribution in [1.82, 2.24) is 15.1 Å². The summed E-state index contributed by atoms with van der Waals surface area (Å²) in [4.78, 5) is 27.7. The molecule has 0 unspecified atom stereocenters. The summed E-state index contributed by atoms with van der Waals surface area (Å²) >= 11 is 0. The molecular weight excluding hydrogens is 266 g/mol. The molecule has 0 aromatic rings. The number of nitrogens with one attached hydrogen (secondary N) is 1. The molecule has 0 saturated carbocycles. The average molecular weight is 295 g/mol. The Bertz CT molecular complexity index is 365. The van der Waals surface area contributed by atoms with Crippen LogP contribution in [0.15, 0.2) is 0 Å². The van der Waals surface area contributed by atoms with Crippen molar-refractivity contribution >= 4 is 11.8 Å². The minimum absolute atomic E-state index is 0.0841. The second-order valence-electron chi connectivity index (χ2n) is 6.62. The second-order valence-corrected chi connectivity index (χ2v) is 6.62. The van der Waals surface area contributed by atoms with Gasteiger partial charge in [0, 0.05) is 45.6 Å². The molecule has 2 fully saturated rings. The minimum atomic E-state index is 0.0841. The van der Waals surface area contributed by atoms with Crippen molar-refractivity contribution in [3.05, 3.63) is 0 Å². The summed E-state index contributed by atoms with van der Waals surface area (Å²) in [5.41, 5.74) is 0. The average Bonchev–Trinajstić information content (AvgIpc) is 2.47. The third-order valence-corrected chi connectivity index (χ3v) is 4.78. The lowest BCUT2D eigenvalue weighted by Gasteiger charge is -2.32. The van der Waals surface area contributed by atoms with E-state index in [9.17, 15) is 9.59 Å². The van der Waals surface area contributed by atoms with Crippen molar-refractivity contribution in [2.75, 3.05) is 39.3 Å². The minimum Gasteiger partial charge on any atom is -0.355 e. The number of rotatable bonds is 4. The topological polar surface area (TPSA) is 52.7 Å². The van der Waals surface area contributed by atoms with E-state index in [1.807, 2.05) is 4.90 Å². The first-order valence-corrected chi connectivity index (χ1v) is 8.32. The van der Waals surface area contributed by atoms with Crippen LogP contribution in [0.25, 0.3) is 0 Å². The number of likely N-dealkylation sites (tertiary alicyclic amines) is 2. The van der Waals surface area contributed by atoms with E-state index >= 15 is 0 Å². The van der Waals surface area contributed by atoms with E-state index in [1.54, 1.807) is 6.92 Å². The Labute approximate surface area is 128 Å². The molecule has 5 heteroatoms. The molecule has 5 nitrogen and oxygen atoms in total. The van der Waals surface area contributed by atoms with Crippen LogP contribution in [0.3, 0.4) is 0 Å². The van der Waals surface area contributed by atoms with Crippen molar-refractivity contribution in [3.63, 3.8) is 0 Å². The molecule has 1 N–H and O–H groups in total. The van der Waals surface area contributed by atoms with Gasteiger partial charge in [0.2, 0.25) is 11.8 Å². The van der Waals surface area contributed by atoms with E-state index in [4.69, 9.17) is 0 Å². The van der Waals surface area contributed by atoms with E-state index in [2.05, 4.69) is 17.1 Å². The number of nitrogens with zero attached hydrogens (tertiary/aromatic N) is 2. The summed E-state index contributed by atoms with van der Waals surface area (Å²) in [6.07, 6.45) is 4.20. The van der Waals surface area contributed by atoms with E-state index in [1.165, 1.54) is 12.8 Å². The number of piperidine rings is 2. The molecular formula is C16H29N3O2. The zero-order chi connectivity index (χ0) is 15.2. The molecule has 0 bridgehead atoms. The fraction of sp³-hybridized carbons (Fsp3) is 0.875. The van der Waals surface area contributed by atoms with Crippen LogP contribution in [0, 0.1) is 11.8 Å². The molecule has 0 aromatic heterocycles. The van der Waals surface area contributed by atoms with Crippen molar-refractivity contribution < 1.29 is 9.59 Å². The third kappa shape index (κ3) is 4.99. The zero-order valence-corrected chi connectivity index (χ0v) is 13.4. The predicted octanol–water partition coefficient (Wildman–Crippen LogP) is 1.09. The lowest BCUT2D eigenvalue weighted by molar-refractivity contribution is -0.133. The Morgan fingerprint density at radius 2 is 1.86 bits per heavy atom. The van der Waals surface area contributed by atoms with Crippen LogP contribution in [0.2, 0.25) is 0 Å². The van der Waals surface area contributed by atoms with Gasteiger partial charge in [0.05, 0.1) is 0 Å². The molecule has 0 aromatic carbocycles. The molecule has 0 spiro atoms. The highest BCUT2D eigenvalue weighted by Gasteiger charge is 2.25. The van der Waals surface area contributed by atoms with E-state index in [0.717, 1.165) is 58.0 Å². The molecule has 2 aliphatic heterocycles. The Morgan fingerprint density at radius 3 is 2.48 bits per heavy atom. The van der Waals surface area contributed by atoms with E-state index in [0.29, 0.717) is 0 Å². The number of carbonyl (C=O) groups excluding carboxylic acids is 2. The van der Waals surface area contributed by atoms with Gasteiger partial charge in [-0.1, -0.05) is 6.92 Å². The Balaban J connectivity index is 1.62. The first kappa shape index (κ1) is 16.3. The van der Waals surface area contributed by atoms with Crippen LogP contribution >= 0.6 is 0 Å². The van der Waals surface area contributed by atoms with Gasteiger partial charge in [-0.25, -0.2) is 0 Å². The summed E-state index contributed by atoms with van der Waals surface area (Å²) in [5, 5.41) is 3.07. The Kier molecular flexibility index (Phi) is 6.03. The fourth-order valence-electron chi connectivity index (χ4n) is 3.43. The molecule has 2 amide bonds. The quantitative estimate of drug-likeness (QED) is 0.845. The van der Waals surface area contributed by atoms with Crippen molar-refractivity contribution in [3.8, 4) is 0 Å². The van der Waals surface area contributed by atoms with Crippen molar-refractivity contribution in [2.45, 2.75) is 39.5 Å². The molecule has 0 aliphatic carbocycles. The second kappa shape index (κ2) is 7.78. The molecule has 0 radical (unpaired) electrons. The number of hydrogen-bond acceptors (Lipinski definition) is 3. The van der Waals surface area contributed by atoms with Gasteiger partial charge in [-0.15, -0.1) is 0 Å². The summed E-state index contributed by atoms with van der Waals surface area (Å²) < 4.78 is 0. The first-order valence-electron chi connectivity index (χ1n) is 8.32. The number of carbonyl (C=O) groups is 2. The maximum atomic E-state index is 12.1. The van der Waals surface area contributed by atoms with Crippen LogP contribution in [-0.2, 0) is 9.59 Å². The maximum absolute atomic E-state index is 12.1. The molecule has 21 heavy (non-hydrogen) atoms. The molecule has 2 aliphatic rings. The molecule has 1 atom stereocenters. The van der Waals surface area contributed by atoms with E-state index < -0.39 is 0 Å². The fourth-order valence-corrected chi connectivity index (χ4v) is 3.43. The molecule has 2 rings (SSSR count). The maximum Gasteiger partial charge on any atom is 0.223 e. The van der Waals surface area contributed by atoms with E-state index in [-0.39, 0.29) is 17.7 Å². The number of amides is 2. The SMILES string of the molecule is CC(=O)N1CCC(C(=O)NCCN2CCC[C@H](C)C2)CC1. The van der Waals surface area contributed by atoms with Crippen LogP contribution in [0.1, 0.15) is 39.5 Å². The van der Waals surface area contributed by atoms with Gasteiger partial charge in [0.15, 0.2) is 0 Å². The van der Waals surface area contributed by atoms with Crippen molar-refractivity contribution in [1.29, 1.82) is 0 Å². The smallest absolute Gasteiger partial charge is 0.223 e. The summed E-state index contributed by atoms with van der Waals surface area (Å²) in [5.74, 6) is 1.16. The van der Waals surface area contributed by atoms with Gasteiger partial charge in [0.1, 0.15) is 0 Å². The van der Waals surface area contributed by atoms with Gasteiger partial charge >= 0.3 is 0 Å². The van der Waals surface area contributed by atoms with Gasteiger partial charge in [0.25, 0.3) is 0 Å². The molecule has 120 valence electrons. The molecule has 2 heterocycles. The van der Waals surface area contributed by atoms with Crippen LogP contribution in [-0.4, -0.2) is 60.9 Å². The summed E-state index contributed by atoms with van der Waals surface area (Å²) in [6.45, 7) is 9.37. The van der Waals surface area contributed by atoms with Gasteiger partial charge in [-0.2, -0.15) is 0 Å². The van der Waals surface area contributed by atoms with Crippen molar-refractivity contribution in [2.24, 2.45) is 11.8 Å². The monoisotopic (exact) mass is 295 g/mol. The first-order chi connectivity index (χ1) is 10.1. The van der Waals surface area contributed by atoms with Gasteiger partial charge in [-0.05, 0) is 38.1 Å². The van der Waals surface area contributed by atoms with Crippen LogP contribution in [0.4, 0.5) is 0 Å². The third-order valence-electron chi connectivity index (χ3n) is 4.78. The van der Waals surface area contributed by atoms with Crippen LogP contribution < -0.4 is 5.32 Å². The number of hydrogen-bond donors (Lipinski definition) is 1. The Hall–Kier alpha value is -1.10. The lowest BCUT2D eigenvalue weighted by Crippen LogP contribution is -2.44. The summed E-state index contributed by atoms with van der Waals surface area (Å²) in [7, 11) is 0. The van der Waals surface area contributed by atoms with Gasteiger partial charge in [-0.3, -0.25) is 9.59 Å².